The Bertz CT molecular complexity index is 5400. The molecule has 39 heteroatoms. The van der Waals surface area contributed by atoms with Gasteiger partial charge in [-0.15, -0.1) is 0 Å². The number of rotatable bonds is 36. The summed E-state index contributed by atoms with van der Waals surface area (Å²) in [5, 5.41) is 61.5. The van der Waals surface area contributed by atoms with Gasteiger partial charge in [0.2, 0.25) is 59.5 Å². The number of halogens is 8. The van der Waals surface area contributed by atoms with E-state index in [2.05, 4.69) is 179 Å². The molecule has 0 aliphatic heterocycles. The molecule has 10 aromatic rings. The van der Waals surface area contributed by atoms with E-state index < -0.39 is 35.4 Å². The third kappa shape index (κ3) is 29.2. The van der Waals surface area contributed by atoms with Crippen molar-refractivity contribution in [2.45, 2.75) is 251 Å². The number of ether oxygens (including phenoxy) is 1. The van der Waals surface area contributed by atoms with Crippen LogP contribution in [-0.4, -0.2) is 180 Å². The van der Waals surface area contributed by atoms with E-state index in [4.69, 9.17) is 4.74 Å². The summed E-state index contributed by atoms with van der Waals surface area (Å²) in [4.78, 5) is 73.3. The Morgan fingerprint density at radius 1 is 0.341 bits per heavy atom. The smallest absolute Gasteiger partial charge is 0.433 e. The summed E-state index contributed by atoms with van der Waals surface area (Å²) in [6.07, 6.45) is 9.62. The summed E-state index contributed by atoms with van der Waals surface area (Å²) < 4.78 is 112. The molecule has 18 rings (SSSR count). The molecular formula is C93H119F8N27O4. The van der Waals surface area contributed by atoms with Crippen LogP contribution in [0.15, 0.2) is 103 Å². The lowest BCUT2D eigenvalue weighted by atomic mass is 10.1. The molecule has 8 fully saturated rings. The van der Waals surface area contributed by atoms with Crippen molar-refractivity contribution in [3.63, 3.8) is 0 Å². The van der Waals surface area contributed by atoms with Crippen LogP contribution in [0.5, 0.6) is 11.5 Å². The lowest BCUT2D eigenvalue weighted by Gasteiger charge is -2.19. The van der Waals surface area contributed by atoms with Gasteiger partial charge in [-0.1, -0.05) is 36.4 Å². The monoisotopic (exact) mass is 1830 g/mol. The van der Waals surface area contributed by atoms with Crippen molar-refractivity contribution >= 4 is 59.5 Å². The molecule has 0 radical (unpaired) electrons. The maximum Gasteiger partial charge on any atom is 0.433 e. The highest BCUT2D eigenvalue weighted by Crippen LogP contribution is 2.42. The van der Waals surface area contributed by atoms with Crippen molar-refractivity contribution in [2.24, 2.45) is 47.3 Å². The molecule has 7 heterocycles. The molecule has 8 aliphatic carbocycles. The Balaban J connectivity index is 0.000000133. The molecule has 1 unspecified atom stereocenters. The van der Waals surface area contributed by atoms with Gasteiger partial charge in [-0.25, -0.2) is 18.7 Å². The van der Waals surface area contributed by atoms with Crippen LogP contribution in [-0.2, 0) is 12.4 Å². The lowest BCUT2D eigenvalue weighted by Crippen LogP contribution is -2.30. The number of nitrogens with one attached hydrogen (secondary N) is 10. The number of nitrogens with zero attached hydrogens (tertiary/aromatic N) is 17. The minimum atomic E-state index is -4.56. The number of hydrogen-bond donors (Lipinski definition) is 13. The zero-order valence-electron chi connectivity index (χ0n) is 76.2. The first-order valence-electron chi connectivity index (χ1n) is 45.7. The van der Waals surface area contributed by atoms with E-state index >= 15 is 0 Å². The van der Waals surface area contributed by atoms with Crippen LogP contribution >= 0.6 is 0 Å². The fraction of sp³-hybridized carbons (Fsp3) is 0.538. The van der Waals surface area contributed by atoms with Gasteiger partial charge >= 0.3 is 12.4 Å². The number of alkyl halides is 6. The molecule has 132 heavy (non-hydrogen) atoms. The first-order chi connectivity index (χ1) is 62.9. The summed E-state index contributed by atoms with van der Waals surface area (Å²) in [6.45, 7) is 22.1. The van der Waals surface area contributed by atoms with Crippen molar-refractivity contribution in [3.8, 4) is 68.7 Å². The number of methoxy groups -OCH3 is 1. The number of hydrogen-bond acceptors (Lipinski definition) is 31. The first-order valence-corrected chi connectivity index (χ1v) is 45.7. The SMILES string of the molecule is CC(O)CNc1nc(N[C@H](C)C2CC2)nc(-c2cccc(C(F)(F)F)n2)n1.COc1ccc(F)c(-c2nc(N[C@H](C)C3CC3)nc(N[C@H](C)C3CC3)n2)c1.C[C@@H](Nc1nc(NCC(C)(C)O)nc(-c2cccc(C(F)(F)F)n2)n1)C1CC1.C[C@@H](Nc1nc(N[C@H](C)C2CC2)nc(-c2cccc(O)c2)n1)C1CC1.C[C@@H](Nc1nc(N[C@H](C)C2CC2)nc(-c2ccccc2F)n1)C1CC1. The van der Waals surface area contributed by atoms with E-state index in [1.54, 1.807) is 76.4 Å². The average molecular weight is 1830 g/mol. The third-order valence-electron chi connectivity index (χ3n) is 24.1. The van der Waals surface area contributed by atoms with E-state index in [9.17, 15) is 50.4 Å². The molecule has 31 nitrogen and oxygen atoms in total. The van der Waals surface area contributed by atoms with Crippen molar-refractivity contribution in [2.75, 3.05) is 73.4 Å². The topological polar surface area (TPSA) is 409 Å². The predicted octanol–water partition coefficient (Wildman–Crippen LogP) is 18.2. The molecular weight excluding hydrogens is 1710 g/mol. The molecule has 9 atom stereocenters. The number of phenolic OH excluding ortho intramolecular Hbond substituents is 1. The van der Waals surface area contributed by atoms with Gasteiger partial charge in [0.25, 0.3) is 0 Å². The average Bonchev–Trinajstić information content (AvgIpc) is 1.36. The van der Waals surface area contributed by atoms with Gasteiger partial charge in [0.15, 0.2) is 29.1 Å². The second kappa shape index (κ2) is 42.2. The van der Waals surface area contributed by atoms with E-state index in [-0.39, 0.29) is 101 Å². The number of anilines is 10. The van der Waals surface area contributed by atoms with Gasteiger partial charge in [-0.05, 0) is 293 Å². The van der Waals surface area contributed by atoms with Crippen molar-refractivity contribution in [3.05, 3.63) is 126 Å². The summed E-state index contributed by atoms with van der Waals surface area (Å²) >= 11 is 0. The number of aromatic nitrogens is 17. The number of pyridine rings is 2. The van der Waals surface area contributed by atoms with E-state index in [0.29, 0.717) is 142 Å². The zero-order chi connectivity index (χ0) is 93.9. The fourth-order valence-corrected chi connectivity index (χ4v) is 14.6. The van der Waals surface area contributed by atoms with E-state index in [0.717, 1.165) is 43.4 Å². The molecule has 8 aliphatic rings. The standard InChI is InChI=1S/C20H26FN5O.C19H24FN5.C19H25N5O.C18H23F3N6O.C17H21F3N6O/c1-11(13-4-5-13)22-19-24-18(16-10-15(27-3)8-9-17(16)21)25-20(26-19)23-12(2)14-6-7-14;1-11(13-7-8-13)21-18-23-17(15-5-3-4-6-16(15)20)24-19(25-18)22-12(2)14-9-10-14;1-11(13-6-7-13)20-18-22-17(15-4-3-5-16(25)10-15)23-19(24-18)21-12(2)14-8-9-14;1-10(11-7-8-11)23-16-26-14(25-15(27-16)22-9-17(2,3)28)12-5-4-6-13(24-12)18(19,20)21;1-9(27)8-21-15-24-14(12-4-3-5-13(23-12)17(18,19)20)25-16(26-15)22-10(2)11-6-7-11/h8-14H,4-7H2,1-3H3,(H2,22,23,24,25,26);3-6,11-14H,7-10H2,1-2H3,(H2,21,22,23,24,25);3-5,10-14,25H,6-9H2,1-2H3,(H2,20,21,22,23,24);4-6,10-11,28H,7-9H2,1-3H3,(H2,22,23,25,26,27);3-5,9-11,27H,6-8H2,1-2H3,(H2,21,22,24,25,26)/t3*11-,12-;10-;9?,10-/m11111/s1. The number of phenols is 1. The van der Waals surface area contributed by atoms with Gasteiger partial charge < -0.3 is 73.2 Å². The summed E-state index contributed by atoms with van der Waals surface area (Å²) in [5.41, 5.74) is -1.57. The van der Waals surface area contributed by atoms with E-state index in [1.807, 2.05) is 19.9 Å². The van der Waals surface area contributed by atoms with Gasteiger partial charge in [-0.3, -0.25) is 0 Å². The highest BCUT2D eigenvalue weighted by molar-refractivity contribution is 5.64. The van der Waals surface area contributed by atoms with Crippen LogP contribution < -0.4 is 57.9 Å². The number of aromatic hydroxyl groups is 1. The van der Waals surface area contributed by atoms with Crippen LogP contribution in [0.1, 0.15) is 190 Å². The molecule has 13 N–H and O–H groups in total. The van der Waals surface area contributed by atoms with Crippen LogP contribution in [0, 0.1) is 59.0 Å². The number of aliphatic hydroxyl groups excluding tert-OH is 1. The largest absolute Gasteiger partial charge is 0.508 e. The molecule has 3 aromatic carbocycles. The van der Waals surface area contributed by atoms with Crippen LogP contribution in [0.3, 0.4) is 0 Å². The summed E-state index contributed by atoms with van der Waals surface area (Å²) in [5.74, 6) is 10.5. The van der Waals surface area contributed by atoms with Crippen LogP contribution in [0.4, 0.5) is 94.6 Å². The van der Waals surface area contributed by atoms with Crippen molar-refractivity contribution in [1.82, 2.24) is 84.7 Å². The highest BCUT2D eigenvalue weighted by atomic mass is 19.4. The molecule has 7 aromatic heterocycles. The minimum absolute atomic E-state index is 0.00514. The maximum absolute atomic E-state index is 14.5. The second-order valence-corrected chi connectivity index (χ2v) is 36.8. The van der Waals surface area contributed by atoms with Gasteiger partial charge in [0.05, 0.1) is 29.9 Å². The highest BCUT2D eigenvalue weighted by Gasteiger charge is 2.39. The maximum atomic E-state index is 14.5. The Morgan fingerprint density at radius 3 is 0.962 bits per heavy atom. The van der Waals surface area contributed by atoms with Crippen molar-refractivity contribution < 1.29 is 55.2 Å². The fourth-order valence-electron chi connectivity index (χ4n) is 14.6. The molecule has 0 amide bonds. The Labute approximate surface area is 762 Å². The van der Waals surface area contributed by atoms with Gasteiger partial charge in [0, 0.05) is 67.0 Å². The first kappa shape index (κ1) is 96.0. The van der Waals surface area contributed by atoms with Crippen LogP contribution in [0.2, 0.25) is 0 Å². The van der Waals surface area contributed by atoms with E-state index in [1.165, 1.54) is 113 Å². The van der Waals surface area contributed by atoms with Crippen LogP contribution in [0.25, 0.3) is 57.2 Å². The quantitative estimate of drug-likeness (QED) is 0.0162. The number of benzene rings is 3. The molecule has 0 saturated heterocycles. The molecule has 0 spiro atoms. The van der Waals surface area contributed by atoms with Gasteiger partial charge in [0.1, 0.15) is 45.9 Å². The minimum Gasteiger partial charge on any atom is -0.508 e. The lowest BCUT2D eigenvalue weighted by molar-refractivity contribution is -0.141. The third-order valence-corrected chi connectivity index (χ3v) is 24.1. The summed E-state index contributed by atoms with van der Waals surface area (Å²) in [6, 6.07) is 27.5. The molecule has 8 saturated carbocycles. The normalized spacial score (nSPS) is 17.9. The Morgan fingerprint density at radius 2 is 0.644 bits per heavy atom. The van der Waals surface area contributed by atoms with Gasteiger partial charge in [-0.2, -0.15) is 101 Å². The Kier molecular flexibility index (Phi) is 30.7. The molecule has 706 valence electrons. The predicted molar refractivity (Wildman–Crippen MR) is 491 cm³/mol. The summed E-state index contributed by atoms with van der Waals surface area (Å²) in [7, 11) is 1.55. The second-order valence-electron chi connectivity index (χ2n) is 36.8. The van der Waals surface area contributed by atoms with Crippen molar-refractivity contribution in [1.29, 1.82) is 0 Å². The number of aliphatic hydroxyl groups is 2. The zero-order valence-corrected chi connectivity index (χ0v) is 76.2. The Hall–Kier alpha value is -12.0. The molecule has 0 bridgehead atoms.